The number of hydrogen-bond acceptors (Lipinski definition) is 4. The van der Waals surface area contributed by atoms with E-state index in [1.807, 2.05) is 56.3 Å². The van der Waals surface area contributed by atoms with E-state index in [0.29, 0.717) is 19.0 Å². The molecule has 0 heterocycles. The molecule has 3 N–H and O–H groups in total. The molecule has 6 nitrogen and oxygen atoms in total. The summed E-state index contributed by atoms with van der Waals surface area (Å²) >= 11 is 0. The van der Waals surface area contributed by atoms with Crippen LogP contribution in [0.3, 0.4) is 0 Å². The Labute approximate surface area is 190 Å². The number of nitrogens with zero attached hydrogens (tertiary/aromatic N) is 1. The fourth-order valence-corrected chi connectivity index (χ4v) is 2.77. The Kier molecular flexibility index (Phi) is 11.5. The van der Waals surface area contributed by atoms with Gasteiger partial charge in [0.2, 0.25) is 0 Å². The fourth-order valence-electron chi connectivity index (χ4n) is 2.77. The van der Waals surface area contributed by atoms with Gasteiger partial charge in [0.25, 0.3) is 0 Å². The van der Waals surface area contributed by atoms with Crippen molar-refractivity contribution in [2.24, 2.45) is 4.99 Å². The van der Waals surface area contributed by atoms with Crippen molar-refractivity contribution in [3.05, 3.63) is 59.2 Å². The van der Waals surface area contributed by atoms with E-state index in [2.05, 4.69) is 15.6 Å². The highest BCUT2D eigenvalue weighted by Crippen LogP contribution is 2.27. The maximum Gasteiger partial charge on any atom is 0.191 e. The predicted octanol–water partition coefficient (Wildman–Crippen LogP) is 3.46. The fraction of sp³-hybridized carbons (Fsp3) is 0.409. The smallest absolute Gasteiger partial charge is 0.191 e. The van der Waals surface area contributed by atoms with E-state index in [4.69, 9.17) is 9.47 Å². The van der Waals surface area contributed by atoms with Crippen molar-refractivity contribution >= 4 is 29.9 Å². The van der Waals surface area contributed by atoms with Gasteiger partial charge in [0.05, 0.1) is 26.9 Å². The number of benzene rings is 2. The molecule has 0 aliphatic carbocycles. The van der Waals surface area contributed by atoms with Gasteiger partial charge < -0.3 is 25.2 Å². The molecule has 2 aromatic carbocycles. The molecule has 0 aliphatic heterocycles. The van der Waals surface area contributed by atoms with Crippen LogP contribution in [0.25, 0.3) is 0 Å². The molecule has 0 radical (unpaired) electrons. The molecule has 2 rings (SSSR count). The monoisotopic (exact) mass is 513 g/mol. The molecule has 0 saturated carbocycles. The molecule has 29 heavy (non-hydrogen) atoms. The zero-order valence-electron chi connectivity index (χ0n) is 17.6. The molecular formula is C22H32IN3O3. The zero-order chi connectivity index (χ0) is 20.4. The molecule has 7 heteroatoms. The van der Waals surface area contributed by atoms with Crippen molar-refractivity contribution in [1.82, 2.24) is 10.6 Å². The lowest BCUT2D eigenvalue weighted by atomic mass is 10.1. The minimum absolute atomic E-state index is 0. The summed E-state index contributed by atoms with van der Waals surface area (Å²) in [6, 6.07) is 13.8. The molecule has 0 spiro atoms. The minimum Gasteiger partial charge on any atom is -0.493 e. The normalized spacial score (nSPS) is 12.0. The number of aliphatic hydroxyl groups is 1. The molecule has 0 bridgehead atoms. The van der Waals surface area contributed by atoms with Crippen LogP contribution in [0.1, 0.15) is 29.7 Å². The Morgan fingerprint density at radius 1 is 1.03 bits per heavy atom. The summed E-state index contributed by atoms with van der Waals surface area (Å²) < 4.78 is 10.6. The topological polar surface area (TPSA) is 75.1 Å². The number of rotatable bonds is 9. The average molecular weight is 513 g/mol. The Morgan fingerprint density at radius 2 is 1.72 bits per heavy atom. The lowest BCUT2D eigenvalue weighted by molar-refractivity contribution is 0.187. The van der Waals surface area contributed by atoms with Crippen molar-refractivity contribution in [1.29, 1.82) is 0 Å². The predicted molar refractivity (Wildman–Crippen MR) is 129 cm³/mol. The molecule has 1 unspecified atom stereocenters. The number of hydrogen-bond donors (Lipinski definition) is 3. The number of halogens is 1. The first kappa shape index (κ1) is 25.0. The molecule has 0 amide bonds. The molecule has 0 aliphatic rings. The molecule has 0 fully saturated rings. The summed E-state index contributed by atoms with van der Waals surface area (Å²) in [7, 11) is 3.26. The van der Waals surface area contributed by atoms with Crippen LogP contribution in [0.5, 0.6) is 11.5 Å². The SMILES string of the molecule is CCNC(=NCC(O)c1ccc(C)cc1)NCCc1ccc(OC)c(OC)c1.I. The molecule has 1 atom stereocenters. The first-order valence-corrected chi connectivity index (χ1v) is 9.55. The standard InChI is InChI=1S/C22H31N3O3.HI/c1-5-23-22(25-15-19(26)18-9-6-16(2)7-10-18)24-13-12-17-8-11-20(27-3)21(14-17)28-4;/h6-11,14,19,26H,5,12-13,15H2,1-4H3,(H2,23,24,25);1H. The first-order valence-electron chi connectivity index (χ1n) is 9.55. The second-order valence-electron chi connectivity index (χ2n) is 6.51. The van der Waals surface area contributed by atoms with Crippen LogP contribution in [0.4, 0.5) is 0 Å². The highest BCUT2D eigenvalue weighted by atomic mass is 127. The third kappa shape index (κ3) is 8.10. The number of aryl methyl sites for hydroxylation is 1. The molecule has 2 aromatic rings. The van der Waals surface area contributed by atoms with Crippen molar-refractivity contribution in [2.45, 2.75) is 26.4 Å². The van der Waals surface area contributed by atoms with Crippen LogP contribution in [-0.2, 0) is 6.42 Å². The van der Waals surface area contributed by atoms with Crippen LogP contribution in [0, 0.1) is 6.92 Å². The lowest BCUT2D eigenvalue weighted by Crippen LogP contribution is -2.38. The maximum atomic E-state index is 10.4. The maximum absolute atomic E-state index is 10.4. The van der Waals surface area contributed by atoms with Gasteiger partial charge in [0, 0.05) is 13.1 Å². The summed E-state index contributed by atoms with van der Waals surface area (Å²) in [5.74, 6) is 2.13. The van der Waals surface area contributed by atoms with Crippen molar-refractivity contribution < 1.29 is 14.6 Å². The summed E-state index contributed by atoms with van der Waals surface area (Å²) in [4.78, 5) is 4.50. The van der Waals surface area contributed by atoms with Crippen LogP contribution >= 0.6 is 24.0 Å². The van der Waals surface area contributed by atoms with Gasteiger partial charge in [-0.1, -0.05) is 35.9 Å². The highest BCUT2D eigenvalue weighted by Gasteiger charge is 2.08. The van der Waals surface area contributed by atoms with E-state index in [9.17, 15) is 5.11 Å². The van der Waals surface area contributed by atoms with Gasteiger partial charge in [-0.15, -0.1) is 24.0 Å². The summed E-state index contributed by atoms with van der Waals surface area (Å²) in [6.45, 7) is 5.81. The van der Waals surface area contributed by atoms with Gasteiger partial charge in [0.1, 0.15) is 0 Å². The van der Waals surface area contributed by atoms with Gasteiger partial charge in [0.15, 0.2) is 17.5 Å². The van der Waals surface area contributed by atoms with Gasteiger partial charge in [-0.05, 0) is 43.5 Å². The largest absolute Gasteiger partial charge is 0.493 e. The van der Waals surface area contributed by atoms with Crippen LogP contribution in [0.2, 0.25) is 0 Å². The second kappa shape index (κ2) is 13.3. The van der Waals surface area contributed by atoms with Gasteiger partial charge in [-0.3, -0.25) is 4.99 Å². The number of nitrogens with one attached hydrogen (secondary N) is 2. The number of ether oxygens (including phenoxy) is 2. The zero-order valence-corrected chi connectivity index (χ0v) is 19.9. The van der Waals surface area contributed by atoms with E-state index >= 15 is 0 Å². The second-order valence-corrected chi connectivity index (χ2v) is 6.51. The quantitative estimate of drug-likeness (QED) is 0.272. The van der Waals surface area contributed by atoms with Gasteiger partial charge in [-0.25, -0.2) is 0 Å². The summed E-state index contributed by atoms with van der Waals surface area (Å²) in [5.41, 5.74) is 3.18. The van der Waals surface area contributed by atoms with Crippen molar-refractivity contribution in [3.63, 3.8) is 0 Å². The van der Waals surface area contributed by atoms with Crippen LogP contribution in [0.15, 0.2) is 47.5 Å². The number of aliphatic imine (C=N–C) groups is 1. The Hall–Kier alpha value is -2.00. The highest BCUT2D eigenvalue weighted by molar-refractivity contribution is 14.0. The van der Waals surface area contributed by atoms with E-state index in [-0.39, 0.29) is 24.0 Å². The summed E-state index contributed by atoms with van der Waals surface area (Å²) in [6.07, 6.45) is 0.188. The van der Waals surface area contributed by atoms with E-state index in [1.54, 1.807) is 14.2 Å². The number of aliphatic hydroxyl groups excluding tert-OH is 1. The molecular weight excluding hydrogens is 481 g/mol. The lowest BCUT2D eigenvalue weighted by Gasteiger charge is -2.14. The Morgan fingerprint density at radius 3 is 2.34 bits per heavy atom. The van der Waals surface area contributed by atoms with E-state index in [0.717, 1.165) is 35.6 Å². The summed E-state index contributed by atoms with van der Waals surface area (Å²) in [5, 5.41) is 16.9. The van der Waals surface area contributed by atoms with Crippen LogP contribution in [-0.4, -0.2) is 44.9 Å². The van der Waals surface area contributed by atoms with Crippen molar-refractivity contribution in [3.8, 4) is 11.5 Å². The van der Waals surface area contributed by atoms with Gasteiger partial charge in [-0.2, -0.15) is 0 Å². The Balaban J connectivity index is 0.00000420. The van der Waals surface area contributed by atoms with Gasteiger partial charge >= 0.3 is 0 Å². The molecule has 160 valence electrons. The third-order valence-electron chi connectivity index (χ3n) is 4.38. The van der Waals surface area contributed by atoms with Crippen LogP contribution < -0.4 is 20.1 Å². The van der Waals surface area contributed by atoms with Crippen molar-refractivity contribution in [2.75, 3.05) is 33.9 Å². The van der Waals surface area contributed by atoms with E-state index in [1.165, 1.54) is 5.56 Å². The number of methoxy groups -OCH3 is 2. The molecule has 0 aromatic heterocycles. The molecule has 0 saturated heterocycles. The first-order chi connectivity index (χ1) is 13.6. The number of guanidine groups is 1. The average Bonchev–Trinajstić information content (AvgIpc) is 2.72. The van der Waals surface area contributed by atoms with E-state index < -0.39 is 6.10 Å². The minimum atomic E-state index is -0.623. The third-order valence-corrected chi connectivity index (χ3v) is 4.38. The Bertz CT molecular complexity index is 766.